The molecular formula is C13H14ClN3O3S. The predicted molar refractivity (Wildman–Crippen MR) is 80.9 cm³/mol. The molecule has 0 amide bonds. The maximum atomic E-state index is 12.2. The van der Waals surface area contributed by atoms with Crippen molar-refractivity contribution < 1.29 is 13.2 Å². The number of hydrogen-bond donors (Lipinski definition) is 2. The molecule has 0 fully saturated rings. The maximum Gasteiger partial charge on any atom is 0.279 e. The number of nitrogens with two attached hydrogens (primary N) is 1. The quantitative estimate of drug-likeness (QED) is 0.876. The van der Waals surface area contributed by atoms with Crippen molar-refractivity contribution in [3.63, 3.8) is 0 Å². The molecule has 0 saturated heterocycles. The summed E-state index contributed by atoms with van der Waals surface area (Å²) in [6, 6.07) is 7.60. The Balaban J connectivity index is 2.26. The Kier molecular flexibility index (Phi) is 4.66. The first-order chi connectivity index (χ1) is 9.96. The Morgan fingerprint density at radius 1 is 1.33 bits per heavy atom. The van der Waals surface area contributed by atoms with Gasteiger partial charge in [0.25, 0.3) is 10.0 Å². The average molecular weight is 328 g/mol. The molecule has 6 nitrogen and oxygen atoms in total. The lowest BCUT2D eigenvalue weighted by Gasteiger charge is -2.09. The zero-order valence-electron chi connectivity index (χ0n) is 11.2. The molecule has 8 heteroatoms. The highest BCUT2D eigenvalue weighted by atomic mass is 35.5. The zero-order valence-corrected chi connectivity index (χ0v) is 12.8. The summed E-state index contributed by atoms with van der Waals surface area (Å²) < 4.78 is 31.8. The molecule has 3 N–H and O–H groups in total. The van der Waals surface area contributed by atoms with E-state index in [1.54, 1.807) is 18.2 Å². The van der Waals surface area contributed by atoms with Crippen molar-refractivity contribution in [1.82, 2.24) is 4.98 Å². The van der Waals surface area contributed by atoms with Crippen LogP contribution in [0.4, 0.5) is 5.69 Å². The van der Waals surface area contributed by atoms with Gasteiger partial charge in [-0.2, -0.15) is 8.42 Å². The van der Waals surface area contributed by atoms with Crippen molar-refractivity contribution in [2.75, 3.05) is 11.8 Å². The SMILES string of the molecule is COc1ccc(NS(=O)(=O)c2ccc(CN)cn2)cc1Cl. The minimum absolute atomic E-state index is 0.0911. The third kappa shape index (κ3) is 3.63. The lowest BCUT2D eigenvalue weighted by molar-refractivity contribution is 0.415. The van der Waals surface area contributed by atoms with Gasteiger partial charge in [-0.05, 0) is 29.8 Å². The van der Waals surface area contributed by atoms with Crippen molar-refractivity contribution in [3.8, 4) is 5.75 Å². The average Bonchev–Trinajstić information content (AvgIpc) is 2.47. The van der Waals surface area contributed by atoms with Gasteiger partial charge in [-0.25, -0.2) is 4.98 Å². The largest absolute Gasteiger partial charge is 0.495 e. The molecule has 0 atom stereocenters. The molecule has 1 aromatic heterocycles. The number of halogens is 1. The van der Waals surface area contributed by atoms with E-state index in [4.69, 9.17) is 22.1 Å². The minimum Gasteiger partial charge on any atom is -0.495 e. The zero-order chi connectivity index (χ0) is 15.5. The molecule has 2 rings (SSSR count). The second kappa shape index (κ2) is 6.30. The van der Waals surface area contributed by atoms with Gasteiger partial charge in [0.05, 0.1) is 17.8 Å². The van der Waals surface area contributed by atoms with Gasteiger partial charge in [0.2, 0.25) is 0 Å². The molecule has 0 bridgehead atoms. The van der Waals surface area contributed by atoms with Crippen LogP contribution in [0.1, 0.15) is 5.56 Å². The molecular weight excluding hydrogens is 314 g/mol. The molecule has 0 unspecified atom stereocenters. The van der Waals surface area contributed by atoms with Gasteiger partial charge in [-0.3, -0.25) is 4.72 Å². The van der Waals surface area contributed by atoms with Gasteiger partial charge in [-0.1, -0.05) is 17.7 Å². The van der Waals surface area contributed by atoms with Gasteiger partial charge in [-0.15, -0.1) is 0 Å². The van der Waals surface area contributed by atoms with Crippen molar-refractivity contribution in [1.29, 1.82) is 0 Å². The van der Waals surface area contributed by atoms with E-state index in [2.05, 4.69) is 9.71 Å². The van der Waals surface area contributed by atoms with Crippen LogP contribution < -0.4 is 15.2 Å². The molecule has 1 heterocycles. The second-order valence-corrected chi connectivity index (χ2v) is 6.20. The fraction of sp³-hybridized carbons (Fsp3) is 0.154. The first-order valence-corrected chi connectivity index (χ1v) is 7.84. The Labute approximate surface area is 128 Å². The monoisotopic (exact) mass is 327 g/mol. The van der Waals surface area contributed by atoms with Gasteiger partial charge in [0, 0.05) is 12.7 Å². The molecule has 0 saturated carbocycles. The number of anilines is 1. The normalized spacial score (nSPS) is 11.2. The van der Waals surface area contributed by atoms with Crippen LogP contribution in [0.3, 0.4) is 0 Å². The summed E-state index contributed by atoms with van der Waals surface area (Å²) in [6.45, 7) is 0.300. The number of benzene rings is 1. The van der Waals surface area contributed by atoms with E-state index in [-0.39, 0.29) is 5.03 Å². The summed E-state index contributed by atoms with van der Waals surface area (Å²) >= 11 is 5.95. The Hall–Kier alpha value is -1.83. The van der Waals surface area contributed by atoms with Crippen LogP contribution in [0.2, 0.25) is 5.02 Å². The van der Waals surface area contributed by atoms with Crippen molar-refractivity contribution in [3.05, 3.63) is 47.1 Å². The van der Waals surface area contributed by atoms with Crippen LogP contribution in [0, 0.1) is 0 Å². The topological polar surface area (TPSA) is 94.3 Å². The first-order valence-electron chi connectivity index (χ1n) is 5.97. The van der Waals surface area contributed by atoms with E-state index in [0.717, 1.165) is 5.56 Å². The maximum absolute atomic E-state index is 12.2. The van der Waals surface area contributed by atoms with Crippen LogP contribution in [0.15, 0.2) is 41.6 Å². The molecule has 2 aromatic rings. The Bertz CT molecular complexity index is 733. The number of sulfonamides is 1. The predicted octanol–water partition coefficient (Wildman–Crippen LogP) is 2.00. The van der Waals surface area contributed by atoms with E-state index in [1.807, 2.05) is 0 Å². The number of ether oxygens (including phenoxy) is 1. The van der Waals surface area contributed by atoms with Crippen molar-refractivity contribution in [2.24, 2.45) is 5.73 Å². The molecule has 0 radical (unpaired) electrons. The third-order valence-electron chi connectivity index (χ3n) is 2.71. The summed E-state index contributed by atoms with van der Waals surface area (Å²) in [5, 5.41) is 0.218. The molecule has 0 spiro atoms. The highest BCUT2D eigenvalue weighted by molar-refractivity contribution is 7.92. The van der Waals surface area contributed by atoms with Crippen LogP contribution >= 0.6 is 11.6 Å². The van der Waals surface area contributed by atoms with Crippen LogP contribution in [0.25, 0.3) is 0 Å². The third-order valence-corrected chi connectivity index (χ3v) is 4.30. The molecule has 112 valence electrons. The molecule has 1 aromatic carbocycles. The van der Waals surface area contributed by atoms with E-state index in [1.165, 1.54) is 25.4 Å². The summed E-state index contributed by atoms with van der Waals surface area (Å²) in [7, 11) is -2.30. The number of hydrogen-bond acceptors (Lipinski definition) is 5. The summed E-state index contributed by atoms with van der Waals surface area (Å²) in [5.41, 5.74) is 6.52. The fourth-order valence-corrected chi connectivity index (χ4v) is 2.87. The van der Waals surface area contributed by atoms with Crippen LogP contribution in [-0.2, 0) is 16.6 Å². The second-order valence-electron chi connectivity index (χ2n) is 4.16. The smallest absolute Gasteiger partial charge is 0.279 e. The van der Waals surface area contributed by atoms with E-state index < -0.39 is 10.0 Å². The lowest BCUT2D eigenvalue weighted by Crippen LogP contribution is -2.14. The van der Waals surface area contributed by atoms with Gasteiger partial charge < -0.3 is 10.5 Å². The Morgan fingerprint density at radius 3 is 2.62 bits per heavy atom. The van der Waals surface area contributed by atoms with Crippen LogP contribution in [0.5, 0.6) is 5.75 Å². The number of nitrogens with zero attached hydrogens (tertiary/aromatic N) is 1. The van der Waals surface area contributed by atoms with E-state index >= 15 is 0 Å². The van der Waals surface area contributed by atoms with Gasteiger partial charge >= 0.3 is 0 Å². The standard InChI is InChI=1S/C13H14ClN3O3S/c1-20-12-4-3-10(6-11(12)14)17-21(18,19)13-5-2-9(7-15)8-16-13/h2-6,8,17H,7,15H2,1H3. The van der Waals surface area contributed by atoms with Gasteiger partial charge in [0.15, 0.2) is 5.03 Å². The number of aromatic nitrogens is 1. The highest BCUT2D eigenvalue weighted by Gasteiger charge is 2.16. The summed E-state index contributed by atoms with van der Waals surface area (Å²) in [4.78, 5) is 3.89. The van der Waals surface area contributed by atoms with E-state index in [0.29, 0.717) is 23.0 Å². The highest BCUT2D eigenvalue weighted by Crippen LogP contribution is 2.28. The van der Waals surface area contributed by atoms with E-state index in [9.17, 15) is 8.42 Å². The minimum atomic E-state index is -3.78. The number of nitrogens with one attached hydrogen (secondary N) is 1. The van der Waals surface area contributed by atoms with Crippen molar-refractivity contribution in [2.45, 2.75) is 11.6 Å². The molecule has 21 heavy (non-hydrogen) atoms. The fourth-order valence-electron chi connectivity index (χ4n) is 1.63. The molecule has 0 aliphatic rings. The van der Waals surface area contributed by atoms with Gasteiger partial charge in [0.1, 0.15) is 5.75 Å². The van der Waals surface area contributed by atoms with Crippen molar-refractivity contribution >= 4 is 27.3 Å². The number of pyridine rings is 1. The first kappa shape index (κ1) is 15.6. The molecule has 0 aliphatic heterocycles. The summed E-state index contributed by atoms with van der Waals surface area (Å²) in [5.74, 6) is 0.463. The summed E-state index contributed by atoms with van der Waals surface area (Å²) in [6.07, 6.45) is 1.43. The molecule has 0 aliphatic carbocycles. The Morgan fingerprint density at radius 2 is 2.10 bits per heavy atom. The lowest BCUT2D eigenvalue weighted by atomic mass is 10.3. The number of rotatable bonds is 5. The van der Waals surface area contributed by atoms with Crippen LogP contribution in [-0.4, -0.2) is 20.5 Å². The number of methoxy groups -OCH3 is 1.